The topological polar surface area (TPSA) is 70.9 Å². The van der Waals surface area contributed by atoms with Crippen LogP contribution in [0.4, 0.5) is 0 Å². The number of carbonyl (C=O) groups excluding carboxylic acids is 1. The van der Waals surface area contributed by atoms with E-state index in [2.05, 4.69) is 17.1 Å². The highest BCUT2D eigenvalue weighted by atomic mass is 16.5. The lowest BCUT2D eigenvalue weighted by Gasteiger charge is -2.03. The number of phenols is 1. The Morgan fingerprint density at radius 3 is 2.50 bits per heavy atom. The number of hydrazone groups is 1. The second-order valence-corrected chi connectivity index (χ2v) is 4.41. The first kappa shape index (κ1) is 15.3. The van der Waals surface area contributed by atoms with Crippen molar-refractivity contribution in [2.75, 3.05) is 6.61 Å². The maximum absolute atomic E-state index is 11.8. The molecule has 0 fully saturated rings. The molecule has 2 rings (SSSR count). The number of amides is 1. The minimum Gasteiger partial charge on any atom is -0.508 e. The van der Waals surface area contributed by atoms with Gasteiger partial charge in [-0.3, -0.25) is 4.79 Å². The molecule has 0 radical (unpaired) electrons. The van der Waals surface area contributed by atoms with Crippen LogP contribution in [0.15, 0.2) is 66.3 Å². The summed E-state index contributed by atoms with van der Waals surface area (Å²) in [5, 5.41) is 13.1. The van der Waals surface area contributed by atoms with Gasteiger partial charge in [-0.2, -0.15) is 5.10 Å². The molecule has 1 amide bonds. The third kappa shape index (κ3) is 4.49. The number of hydrogen-bond donors (Lipinski definition) is 2. The van der Waals surface area contributed by atoms with Crippen molar-refractivity contribution in [1.82, 2.24) is 5.43 Å². The van der Waals surface area contributed by atoms with E-state index >= 15 is 0 Å². The summed E-state index contributed by atoms with van der Waals surface area (Å²) < 4.78 is 5.37. The first-order valence-corrected chi connectivity index (χ1v) is 6.65. The molecule has 0 saturated carbocycles. The van der Waals surface area contributed by atoms with Gasteiger partial charge in [-0.25, -0.2) is 5.43 Å². The smallest absolute Gasteiger partial charge is 0.271 e. The van der Waals surface area contributed by atoms with E-state index in [9.17, 15) is 4.79 Å². The van der Waals surface area contributed by atoms with Gasteiger partial charge in [0.15, 0.2) is 0 Å². The summed E-state index contributed by atoms with van der Waals surface area (Å²) in [5.41, 5.74) is 3.67. The number of nitrogens with zero attached hydrogens (tertiary/aromatic N) is 1. The SMILES string of the molecule is C=CCOc1ccc(/C=N/NC(=O)c2ccc(O)cc2)cc1. The number of ether oxygens (including phenoxy) is 1. The zero-order chi connectivity index (χ0) is 15.8. The molecule has 112 valence electrons. The number of nitrogens with one attached hydrogen (secondary N) is 1. The van der Waals surface area contributed by atoms with Crippen molar-refractivity contribution in [3.63, 3.8) is 0 Å². The number of aromatic hydroxyl groups is 1. The molecule has 0 bridgehead atoms. The van der Waals surface area contributed by atoms with Crippen LogP contribution in [0.1, 0.15) is 15.9 Å². The first-order chi connectivity index (χ1) is 10.7. The van der Waals surface area contributed by atoms with Gasteiger partial charge in [-0.15, -0.1) is 0 Å². The van der Waals surface area contributed by atoms with Crippen LogP contribution in [0.5, 0.6) is 11.5 Å². The van der Waals surface area contributed by atoms with E-state index in [4.69, 9.17) is 9.84 Å². The van der Waals surface area contributed by atoms with Crippen molar-refractivity contribution in [3.05, 3.63) is 72.3 Å². The Morgan fingerprint density at radius 1 is 1.18 bits per heavy atom. The predicted molar refractivity (Wildman–Crippen MR) is 85.3 cm³/mol. The Kier molecular flexibility index (Phi) is 5.31. The predicted octanol–water partition coefficient (Wildman–Crippen LogP) is 2.72. The normalized spacial score (nSPS) is 10.4. The van der Waals surface area contributed by atoms with Crippen molar-refractivity contribution in [1.29, 1.82) is 0 Å². The lowest BCUT2D eigenvalue weighted by molar-refractivity contribution is 0.0955. The van der Waals surface area contributed by atoms with E-state index in [-0.39, 0.29) is 11.7 Å². The monoisotopic (exact) mass is 296 g/mol. The van der Waals surface area contributed by atoms with Gasteiger partial charge in [0, 0.05) is 5.56 Å². The quantitative estimate of drug-likeness (QED) is 0.489. The Morgan fingerprint density at radius 2 is 1.86 bits per heavy atom. The van der Waals surface area contributed by atoms with E-state index < -0.39 is 0 Å². The fourth-order valence-corrected chi connectivity index (χ4v) is 1.65. The number of rotatable bonds is 6. The summed E-state index contributed by atoms with van der Waals surface area (Å²) in [6, 6.07) is 13.2. The van der Waals surface area contributed by atoms with Crippen LogP contribution in [0.3, 0.4) is 0 Å². The molecule has 5 nitrogen and oxygen atoms in total. The van der Waals surface area contributed by atoms with Gasteiger partial charge >= 0.3 is 0 Å². The minimum atomic E-state index is -0.345. The molecule has 0 unspecified atom stereocenters. The van der Waals surface area contributed by atoms with E-state index in [1.807, 2.05) is 24.3 Å². The molecule has 0 spiro atoms. The average molecular weight is 296 g/mol. The summed E-state index contributed by atoms with van der Waals surface area (Å²) in [5.74, 6) is 0.506. The third-order valence-electron chi connectivity index (χ3n) is 2.76. The van der Waals surface area contributed by atoms with Gasteiger partial charge < -0.3 is 9.84 Å². The zero-order valence-electron chi connectivity index (χ0n) is 11.9. The van der Waals surface area contributed by atoms with Gasteiger partial charge in [0.1, 0.15) is 18.1 Å². The summed E-state index contributed by atoms with van der Waals surface area (Å²) in [7, 11) is 0. The van der Waals surface area contributed by atoms with E-state index in [1.54, 1.807) is 6.08 Å². The molecule has 5 heteroatoms. The number of carbonyl (C=O) groups is 1. The fraction of sp³-hybridized carbons (Fsp3) is 0.0588. The molecule has 2 aromatic rings. The van der Waals surface area contributed by atoms with Crippen LogP contribution in [-0.4, -0.2) is 23.8 Å². The number of hydrogen-bond acceptors (Lipinski definition) is 4. The van der Waals surface area contributed by atoms with Gasteiger partial charge in [-0.05, 0) is 54.1 Å². The van der Waals surface area contributed by atoms with E-state index in [0.29, 0.717) is 12.2 Å². The molecule has 0 aromatic heterocycles. The Balaban J connectivity index is 1.90. The third-order valence-corrected chi connectivity index (χ3v) is 2.76. The maximum atomic E-state index is 11.8. The van der Waals surface area contributed by atoms with Gasteiger partial charge in [0.05, 0.1) is 6.21 Å². The molecule has 0 aliphatic heterocycles. The molecule has 2 N–H and O–H groups in total. The van der Waals surface area contributed by atoms with Crippen molar-refractivity contribution >= 4 is 12.1 Å². The molecule has 0 aliphatic rings. The molecule has 22 heavy (non-hydrogen) atoms. The summed E-state index contributed by atoms with van der Waals surface area (Å²) in [6.07, 6.45) is 3.21. The summed E-state index contributed by atoms with van der Waals surface area (Å²) >= 11 is 0. The van der Waals surface area contributed by atoms with E-state index in [0.717, 1.165) is 11.3 Å². The van der Waals surface area contributed by atoms with E-state index in [1.165, 1.54) is 30.5 Å². The van der Waals surface area contributed by atoms with Crippen molar-refractivity contribution in [3.8, 4) is 11.5 Å². The van der Waals surface area contributed by atoms with Gasteiger partial charge in [0.2, 0.25) is 0 Å². The molecule has 0 heterocycles. The molecule has 0 aliphatic carbocycles. The second kappa shape index (κ2) is 7.64. The lowest BCUT2D eigenvalue weighted by Crippen LogP contribution is -2.17. The van der Waals surface area contributed by atoms with Crippen molar-refractivity contribution < 1.29 is 14.6 Å². The van der Waals surface area contributed by atoms with Crippen molar-refractivity contribution in [2.45, 2.75) is 0 Å². The molecule has 0 saturated heterocycles. The second-order valence-electron chi connectivity index (χ2n) is 4.41. The van der Waals surface area contributed by atoms with Crippen LogP contribution >= 0.6 is 0 Å². The highest BCUT2D eigenvalue weighted by Crippen LogP contribution is 2.11. The van der Waals surface area contributed by atoms with Crippen LogP contribution in [0.2, 0.25) is 0 Å². The number of benzene rings is 2. The van der Waals surface area contributed by atoms with Crippen LogP contribution < -0.4 is 10.2 Å². The summed E-state index contributed by atoms with van der Waals surface area (Å²) in [6.45, 7) is 4.03. The Hall–Kier alpha value is -3.08. The highest BCUT2D eigenvalue weighted by molar-refractivity contribution is 5.94. The molecule has 0 atom stereocenters. The van der Waals surface area contributed by atoms with Crippen LogP contribution in [0.25, 0.3) is 0 Å². The van der Waals surface area contributed by atoms with Crippen molar-refractivity contribution in [2.24, 2.45) is 5.10 Å². The number of phenolic OH excluding ortho intramolecular Hbond substituents is 1. The lowest BCUT2D eigenvalue weighted by atomic mass is 10.2. The van der Waals surface area contributed by atoms with Gasteiger partial charge in [-0.1, -0.05) is 12.7 Å². The molecular formula is C17H16N2O3. The minimum absolute atomic E-state index is 0.110. The van der Waals surface area contributed by atoms with Crippen LogP contribution in [0, 0.1) is 0 Å². The first-order valence-electron chi connectivity index (χ1n) is 6.65. The largest absolute Gasteiger partial charge is 0.508 e. The molecular weight excluding hydrogens is 280 g/mol. The molecule has 2 aromatic carbocycles. The van der Waals surface area contributed by atoms with Gasteiger partial charge in [0.25, 0.3) is 5.91 Å². The average Bonchev–Trinajstić information content (AvgIpc) is 2.54. The fourth-order valence-electron chi connectivity index (χ4n) is 1.65. The maximum Gasteiger partial charge on any atom is 0.271 e. The summed E-state index contributed by atoms with van der Waals surface area (Å²) in [4.78, 5) is 11.8. The standard InChI is InChI=1S/C17H16N2O3/c1-2-11-22-16-9-3-13(4-10-16)12-18-19-17(21)14-5-7-15(20)8-6-14/h2-10,12,20H,1,11H2,(H,19,21)/b18-12+. The Labute approximate surface area is 128 Å². The van der Waals surface area contributed by atoms with Crippen LogP contribution in [-0.2, 0) is 0 Å². The zero-order valence-corrected chi connectivity index (χ0v) is 11.9. The highest BCUT2D eigenvalue weighted by Gasteiger charge is 2.03. The Bertz CT molecular complexity index is 661.